The summed E-state index contributed by atoms with van der Waals surface area (Å²) in [5, 5.41) is 63.0. The van der Waals surface area contributed by atoms with E-state index in [4.69, 9.17) is 18.9 Å². The summed E-state index contributed by atoms with van der Waals surface area (Å²) in [6.07, 6.45) is 0.442. The quantitative estimate of drug-likeness (QED) is 0.0407. The molecule has 421 valence electrons. The molecule has 24 heteroatoms. The average molecular weight is 1160 g/mol. The number of nitrogens with one attached hydrogen (secondary N) is 3. The van der Waals surface area contributed by atoms with Crippen molar-refractivity contribution in [3.8, 4) is 16.9 Å². The molecule has 4 saturated carbocycles. The number of rotatable bonds is 22. The van der Waals surface area contributed by atoms with Gasteiger partial charge in [-0.15, -0.1) is 6.54 Å². The molecule has 4 aliphatic carbocycles. The summed E-state index contributed by atoms with van der Waals surface area (Å²) in [5.41, 5.74) is 2.21. The molecule has 7 atom stereocenters. The first kappa shape index (κ1) is 61.6. The third kappa shape index (κ3) is 14.0. The van der Waals surface area contributed by atoms with Crippen molar-refractivity contribution in [2.75, 3.05) is 45.2 Å². The van der Waals surface area contributed by atoms with Crippen LogP contribution in [0.1, 0.15) is 92.7 Å². The molecule has 2 aliphatic heterocycles. The Bertz CT molecular complexity index is 2750. The number of carbonyl (C=O) groups excluding carboxylic acids is 6. The van der Waals surface area contributed by atoms with Crippen molar-refractivity contribution in [2.45, 2.75) is 128 Å². The number of imide groups is 1. The fourth-order valence-corrected chi connectivity index (χ4v) is 13.0. The smallest absolute Gasteiger partial charge is 0.355 e. The van der Waals surface area contributed by atoms with E-state index in [1.807, 2.05) is 19.2 Å². The number of hydrogen-bond acceptors (Lipinski definition) is 16. The number of aromatic nitrogens is 2. The molecule has 5 fully saturated rings. The first-order valence-electron chi connectivity index (χ1n) is 25.3. The van der Waals surface area contributed by atoms with Gasteiger partial charge in [-0.2, -0.15) is 0 Å². The minimum atomic E-state index is -1.77. The Morgan fingerprint density at radius 3 is 2.24 bits per heavy atom. The van der Waals surface area contributed by atoms with Crippen molar-refractivity contribution in [1.82, 2.24) is 25.1 Å². The Hall–Kier alpha value is -5.66. The Morgan fingerprint density at radius 2 is 1.58 bits per heavy atom. The van der Waals surface area contributed by atoms with E-state index in [9.17, 15) is 59.1 Å². The van der Waals surface area contributed by atoms with Gasteiger partial charge in [-0.1, -0.05) is 26.0 Å². The van der Waals surface area contributed by atoms with Crippen LogP contribution in [0.4, 0.5) is 10.5 Å². The third-order valence-electron chi connectivity index (χ3n) is 15.1. The minimum absolute atomic E-state index is 0. The fraction of sp³-hybridized carbons (Fsp3) is 0.537. The Labute approximate surface area is 477 Å². The maximum absolute atomic E-state index is 13.2. The van der Waals surface area contributed by atoms with Crippen LogP contribution in [0, 0.1) is 30.6 Å². The van der Waals surface area contributed by atoms with Crippen LogP contribution in [0.25, 0.3) is 16.4 Å². The molecule has 78 heavy (non-hydrogen) atoms. The molecular formula is C54H69N7O16Y-2. The molecule has 6 aliphatic rings. The van der Waals surface area contributed by atoms with Crippen molar-refractivity contribution in [3.05, 3.63) is 90.1 Å². The van der Waals surface area contributed by atoms with Crippen molar-refractivity contribution < 1.29 is 111 Å². The Morgan fingerprint density at radius 1 is 0.872 bits per heavy atom. The third-order valence-corrected chi connectivity index (χ3v) is 15.1. The number of carboxylic acid groups (broad SMARTS) is 1. The van der Waals surface area contributed by atoms with Crippen molar-refractivity contribution in [3.63, 3.8) is 0 Å². The van der Waals surface area contributed by atoms with Gasteiger partial charge in [0.05, 0.1) is 30.0 Å². The number of anilines is 1. The molecule has 6 amide bonds. The van der Waals surface area contributed by atoms with Crippen molar-refractivity contribution in [2.24, 2.45) is 16.2 Å². The van der Waals surface area contributed by atoms with Gasteiger partial charge in [0.15, 0.2) is 5.69 Å². The molecular weight excluding hydrogens is 1090 g/mol. The number of nitrogens with zero attached hydrogens (tertiary/aromatic N) is 4. The van der Waals surface area contributed by atoms with Crippen LogP contribution < -0.4 is 20.7 Å². The number of carboxylic acids is 1. The van der Waals surface area contributed by atoms with Crippen molar-refractivity contribution >= 4 is 47.3 Å². The molecule has 1 aromatic carbocycles. The molecule has 1 radical (unpaired) electrons. The van der Waals surface area contributed by atoms with Gasteiger partial charge >= 0.3 is 5.97 Å². The summed E-state index contributed by atoms with van der Waals surface area (Å²) in [6.45, 7) is 6.27. The number of aromatic carboxylic acids is 1. The van der Waals surface area contributed by atoms with Crippen LogP contribution in [0.3, 0.4) is 0 Å². The van der Waals surface area contributed by atoms with Gasteiger partial charge in [-0.05, 0) is 91.5 Å². The molecule has 8 N–H and O–H groups in total. The summed E-state index contributed by atoms with van der Waals surface area (Å²) in [4.78, 5) is 92.0. The zero-order valence-corrected chi connectivity index (χ0v) is 47.3. The summed E-state index contributed by atoms with van der Waals surface area (Å²) >= 11 is 0. The predicted molar refractivity (Wildman–Crippen MR) is 275 cm³/mol. The largest absolute Gasteiger partial charge is 0.615 e. The number of benzene rings is 1. The van der Waals surface area contributed by atoms with Crippen LogP contribution in [0.15, 0.2) is 54.7 Å². The molecule has 4 bridgehead atoms. The summed E-state index contributed by atoms with van der Waals surface area (Å²) in [6, 6.07) is 9.65. The number of carbonyl (C=O) groups is 7. The molecule has 1 saturated heterocycles. The van der Waals surface area contributed by atoms with Crippen LogP contribution >= 0.6 is 0 Å². The molecule has 23 nitrogen and oxygen atoms in total. The first-order valence-corrected chi connectivity index (χ1v) is 25.3. The average Bonchev–Trinajstić information content (AvgIpc) is 3.96. The Kier molecular flexibility index (Phi) is 19.9. The fourth-order valence-electron chi connectivity index (χ4n) is 13.0. The molecule has 0 spiro atoms. The predicted octanol–water partition coefficient (Wildman–Crippen LogP) is 3.08. The van der Waals surface area contributed by atoms with Gasteiger partial charge in [0.25, 0.3) is 11.8 Å². The van der Waals surface area contributed by atoms with E-state index in [0.29, 0.717) is 23.4 Å². The summed E-state index contributed by atoms with van der Waals surface area (Å²) in [5.74, 6) is -3.69. The number of pyridine rings is 1. The molecule has 3 aromatic rings. The molecule has 4 heterocycles. The van der Waals surface area contributed by atoms with Crippen LogP contribution in [0.5, 0.6) is 5.75 Å². The summed E-state index contributed by atoms with van der Waals surface area (Å²) in [7, 11) is 1.51. The van der Waals surface area contributed by atoms with E-state index in [0.717, 1.165) is 66.8 Å². The monoisotopic (exact) mass is 1160 g/mol. The zero-order chi connectivity index (χ0) is 54.7. The number of aliphatic hydroxyl groups is 4. The van der Waals surface area contributed by atoms with Gasteiger partial charge in [-0.25, -0.2) is 9.78 Å². The minimum Gasteiger partial charge on any atom is -0.615 e. The topological polar surface area (TPSA) is 329 Å². The maximum atomic E-state index is 13.2. The zero-order valence-electron chi connectivity index (χ0n) is 44.5. The molecule has 2 aromatic heterocycles. The second-order valence-corrected chi connectivity index (χ2v) is 21.7. The van der Waals surface area contributed by atoms with Crippen LogP contribution in [0.2, 0.25) is 0 Å². The van der Waals surface area contributed by atoms with Gasteiger partial charge in [-0.3, -0.25) is 33.7 Å². The number of hydrogen-bond donors (Lipinski definition) is 8. The van der Waals surface area contributed by atoms with Gasteiger partial charge in [0.1, 0.15) is 36.8 Å². The van der Waals surface area contributed by atoms with E-state index < -0.39 is 78.6 Å². The number of likely N-dealkylation sites (N-methyl/N-ethyl adjacent to an activating group) is 1. The number of ether oxygens (including phenoxy) is 4. The number of amides is 6. The Balaban J connectivity index is 0.00000492. The van der Waals surface area contributed by atoms with Gasteiger partial charge < -0.3 is 77.7 Å². The summed E-state index contributed by atoms with van der Waals surface area (Å²) < 4.78 is 25.8. The normalized spacial score (nSPS) is 27.6. The molecule has 2 unspecified atom stereocenters. The van der Waals surface area contributed by atoms with E-state index in [1.165, 1.54) is 25.2 Å². The van der Waals surface area contributed by atoms with Gasteiger partial charge in [0.2, 0.25) is 30.1 Å². The second-order valence-electron chi connectivity index (χ2n) is 21.7. The van der Waals surface area contributed by atoms with Gasteiger partial charge in [0, 0.05) is 114 Å². The first-order chi connectivity index (χ1) is 36.0. The second kappa shape index (κ2) is 25.2. The van der Waals surface area contributed by atoms with E-state index in [-0.39, 0.29) is 132 Å². The number of aliphatic hydroxyl groups excluding tert-OH is 4. The SMILES string of the molecule is CNC(=O)Cc1ccc(-c2ccn(CC34CC5(C)CC(C)(C3)CC(OCC[N-]C(=O)OCc3ccc(O[C@@H]6O[C@H](CO)[C@@H](O)[C@H](O)[C@H]6O)c(NC(=O)CCNC(=O)CCN6C(=O)C=CC6=O)c3)(C5)C4)c2C)c(C(=O)O)n1.[CH3-].[Y]. The van der Waals surface area contributed by atoms with Crippen LogP contribution in [-0.2, 0) is 90.5 Å². The maximum Gasteiger partial charge on any atom is 0.355 e. The van der Waals surface area contributed by atoms with Crippen molar-refractivity contribution in [1.29, 1.82) is 0 Å². The van der Waals surface area contributed by atoms with E-state index in [2.05, 4.69) is 44.7 Å². The molecule has 9 rings (SSSR count). The van der Waals surface area contributed by atoms with E-state index >= 15 is 0 Å². The van der Waals surface area contributed by atoms with Crippen LogP contribution in [-0.4, -0.2) is 158 Å². The van der Waals surface area contributed by atoms with E-state index in [1.54, 1.807) is 12.1 Å². The standard InChI is InChI=1S/C53H67N7O16.CH3.Y/c1-30-33(34-7-6-32(20-40(64)54-4)57-43(34)47(70)71)12-16-59(30)29-52-24-50(2)23-51(3,25-52)27-53(26-50,28-52)74-18-15-56-49(72)73-22-31-5-8-36(75-48-46(69)45(68)44(67)37(21-61)76-48)35(19-31)58-39(63)11-14-55-38(62)13-17-60-41(65)9-10-42(60)66;;/h5-10,12,16,19,37,44-46,48,61,67-69H,11,13-15,17-18,20-29H2,1-4H3,(H5,54,55,56,58,62,63,64,70,71,72);1H3;/q;-1;/p-1/t37-,44-,45+,46-,48-,50?,51?,52?,53?;;/m1../s1.